The maximum atomic E-state index is 6.01. The van der Waals surface area contributed by atoms with Gasteiger partial charge in [-0.2, -0.15) is 0 Å². The van der Waals surface area contributed by atoms with E-state index in [0.717, 1.165) is 23.5 Å². The van der Waals surface area contributed by atoms with Crippen LogP contribution in [-0.2, 0) is 0 Å². The Morgan fingerprint density at radius 1 is 1.19 bits per heavy atom. The highest BCUT2D eigenvalue weighted by molar-refractivity contribution is 5.40. The lowest BCUT2D eigenvalue weighted by molar-refractivity contribution is 0.248. The Morgan fingerprint density at radius 2 is 1.95 bits per heavy atom. The van der Waals surface area contributed by atoms with E-state index in [4.69, 9.17) is 15.2 Å². The maximum absolute atomic E-state index is 6.01. The highest BCUT2D eigenvalue weighted by atomic mass is 16.5. The minimum absolute atomic E-state index is 0.106. The van der Waals surface area contributed by atoms with Crippen molar-refractivity contribution in [1.29, 1.82) is 0 Å². The molecule has 21 heavy (non-hydrogen) atoms. The van der Waals surface area contributed by atoms with Gasteiger partial charge in [0.05, 0.1) is 19.1 Å². The molecule has 0 aromatic heterocycles. The third-order valence-electron chi connectivity index (χ3n) is 4.00. The van der Waals surface area contributed by atoms with Gasteiger partial charge in [-0.1, -0.05) is 37.3 Å². The molecule has 0 radical (unpaired) electrons. The van der Waals surface area contributed by atoms with Gasteiger partial charge in [-0.3, -0.25) is 0 Å². The van der Waals surface area contributed by atoms with Gasteiger partial charge in [0.15, 0.2) is 0 Å². The smallest absolute Gasteiger partial charge is 0.123 e. The summed E-state index contributed by atoms with van der Waals surface area (Å²) in [5, 5.41) is 0. The summed E-state index contributed by atoms with van der Waals surface area (Å²) in [6, 6.07) is 16.3. The summed E-state index contributed by atoms with van der Waals surface area (Å²) in [5.41, 5.74) is 8.40. The van der Waals surface area contributed by atoms with Gasteiger partial charge < -0.3 is 15.2 Å². The Bertz CT molecular complexity index is 594. The second-order valence-electron chi connectivity index (χ2n) is 5.44. The topological polar surface area (TPSA) is 44.5 Å². The molecule has 2 aromatic carbocycles. The molecule has 3 rings (SSSR count). The first-order valence-electron chi connectivity index (χ1n) is 7.48. The van der Waals surface area contributed by atoms with Crippen LogP contribution in [0.15, 0.2) is 48.5 Å². The number of para-hydroxylation sites is 1. The number of hydrogen-bond donors (Lipinski definition) is 1. The van der Waals surface area contributed by atoms with Crippen molar-refractivity contribution in [2.75, 3.05) is 13.2 Å². The van der Waals surface area contributed by atoms with Crippen molar-refractivity contribution in [3.05, 3.63) is 59.7 Å². The second kappa shape index (κ2) is 6.19. The minimum atomic E-state index is 0.106. The van der Waals surface area contributed by atoms with Gasteiger partial charge in [0.25, 0.3) is 0 Å². The Balaban J connectivity index is 1.61. The lowest BCUT2D eigenvalue weighted by atomic mass is 10.0. The first-order chi connectivity index (χ1) is 10.3. The lowest BCUT2D eigenvalue weighted by Gasteiger charge is -2.13. The third kappa shape index (κ3) is 3.03. The number of nitrogens with two attached hydrogens (primary N) is 1. The van der Waals surface area contributed by atoms with E-state index in [2.05, 4.69) is 13.0 Å². The average molecular weight is 283 g/mol. The molecule has 0 saturated heterocycles. The van der Waals surface area contributed by atoms with E-state index >= 15 is 0 Å². The Kier molecular flexibility index (Phi) is 4.11. The molecule has 2 aromatic rings. The largest absolute Gasteiger partial charge is 0.493 e. The summed E-state index contributed by atoms with van der Waals surface area (Å²) in [6.07, 6.45) is 0.941. The summed E-state index contributed by atoms with van der Waals surface area (Å²) < 4.78 is 11.6. The van der Waals surface area contributed by atoms with Crippen LogP contribution in [-0.4, -0.2) is 13.2 Å². The van der Waals surface area contributed by atoms with Crippen LogP contribution in [0.3, 0.4) is 0 Å². The van der Waals surface area contributed by atoms with Crippen LogP contribution in [0.25, 0.3) is 0 Å². The summed E-state index contributed by atoms with van der Waals surface area (Å²) in [4.78, 5) is 0. The molecule has 3 heteroatoms. The molecule has 0 amide bonds. The molecule has 0 fully saturated rings. The highest BCUT2D eigenvalue weighted by Crippen LogP contribution is 2.33. The molecule has 1 aliphatic heterocycles. The molecular weight excluding hydrogens is 262 g/mol. The average Bonchev–Trinajstić information content (AvgIpc) is 2.96. The predicted molar refractivity (Wildman–Crippen MR) is 83.8 cm³/mol. The molecule has 0 saturated carbocycles. The minimum Gasteiger partial charge on any atom is -0.493 e. The second-order valence-corrected chi connectivity index (χ2v) is 5.44. The first kappa shape index (κ1) is 14.0. The zero-order valence-corrected chi connectivity index (χ0v) is 12.3. The van der Waals surface area contributed by atoms with Crippen molar-refractivity contribution < 1.29 is 9.47 Å². The monoisotopic (exact) mass is 283 g/mol. The van der Waals surface area contributed by atoms with Crippen LogP contribution in [0.4, 0.5) is 0 Å². The van der Waals surface area contributed by atoms with E-state index in [0.29, 0.717) is 19.1 Å². The van der Waals surface area contributed by atoms with Gasteiger partial charge in [0, 0.05) is 11.6 Å². The number of hydrogen-bond acceptors (Lipinski definition) is 3. The number of benzene rings is 2. The van der Waals surface area contributed by atoms with Crippen molar-refractivity contribution >= 4 is 0 Å². The summed E-state index contributed by atoms with van der Waals surface area (Å²) in [6.45, 7) is 3.42. The molecule has 3 nitrogen and oxygen atoms in total. The zero-order valence-electron chi connectivity index (χ0n) is 12.3. The van der Waals surface area contributed by atoms with Crippen molar-refractivity contribution in [2.45, 2.75) is 25.3 Å². The zero-order chi connectivity index (χ0) is 14.7. The molecule has 1 aliphatic rings. The molecule has 1 heterocycles. The summed E-state index contributed by atoms with van der Waals surface area (Å²) >= 11 is 0. The molecule has 0 bridgehead atoms. The molecular formula is C18H21NO2. The number of ether oxygens (including phenoxy) is 2. The Labute approximate surface area is 125 Å². The SMILES string of the molecule is CCC(N)c1ccc(OCC2COc3ccccc32)cc1. The van der Waals surface area contributed by atoms with Gasteiger partial charge in [-0.05, 0) is 30.2 Å². The van der Waals surface area contributed by atoms with E-state index in [1.54, 1.807) is 0 Å². The van der Waals surface area contributed by atoms with Crippen molar-refractivity contribution in [2.24, 2.45) is 5.73 Å². The normalized spacial score (nSPS) is 17.9. The standard InChI is InChI=1S/C18H21NO2/c1-2-17(19)13-7-9-15(10-8-13)20-11-14-12-21-18-6-4-3-5-16(14)18/h3-10,14,17H,2,11-12,19H2,1H3. The summed E-state index contributed by atoms with van der Waals surface area (Å²) in [5.74, 6) is 2.17. The highest BCUT2D eigenvalue weighted by Gasteiger charge is 2.24. The van der Waals surface area contributed by atoms with Crippen LogP contribution in [0.1, 0.15) is 36.4 Å². The van der Waals surface area contributed by atoms with Gasteiger partial charge in [0.1, 0.15) is 11.5 Å². The first-order valence-corrected chi connectivity index (χ1v) is 7.48. The van der Waals surface area contributed by atoms with Crippen LogP contribution in [0, 0.1) is 0 Å². The molecule has 2 unspecified atom stereocenters. The molecule has 0 spiro atoms. The van der Waals surface area contributed by atoms with E-state index in [9.17, 15) is 0 Å². The van der Waals surface area contributed by atoms with Crippen LogP contribution >= 0.6 is 0 Å². The van der Waals surface area contributed by atoms with E-state index in [1.165, 1.54) is 5.56 Å². The fraction of sp³-hybridized carbons (Fsp3) is 0.333. The summed E-state index contributed by atoms with van der Waals surface area (Å²) in [7, 11) is 0. The maximum Gasteiger partial charge on any atom is 0.123 e. The molecule has 110 valence electrons. The van der Waals surface area contributed by atoms with Crippen LogP contribution in [0.5, 0.6) is 11.5 Å². The molecule has 2 atom stereocenters. The van der Waals surface area contributed by atoms with Crippen LogP contribution in [0.2, 0.25) is 0 Å². The number of fused-ring (bicyclic) bond motifs is 1. The van der Waals surface area contributed by atoms with Crippen molar-refractivity contribution in [1.82, 2.24) is 0 Å². The molecule has 0 aliphatic carbocycles. The number of rotatable bonds is 5. The van der Waals surface area contributed by atoms with E-state index in [1.807, 2.05) is 42.5 Å². The fourth-order valence-corrected chi connectivity index (χ4v) is 2.61. The predicted octanol–water partition coefficient (Wildman–Crippen LogP) is 3.65. The lowest BCUT2D eigenvalue weighted by Crippen LogP contribution is -2.12. The Morgan fingerprint density at radius 3 is 2.71 bits per heavy atom. The fourth-order valence-electron chi connectivity index (χ4n) is 2.61. The van der Waals surface area contributed by atoms with E-state index in [-0.39, 0.29) is 6.04 Å². The van der Waals surface area contributed by atoms with Gasteiger partial charge in [-0.25, -0.2) is 0 Å². The van der Waals surface area contributed by atoms with Gasteiger partial charge >= 0.3 is 0 Å². The third-order valence-corrected chi connectivity index (χ3v) is 4.00. The van der Waals surface area contributed by atoms with Gasteiger partial charge in [0.2, 0.25) is 0 Å². The van der Waals surface area contributed by atoms with E-state index < -0.39 is 0 Å². The molecule has 2 N–H and O–H groups in total. The Hall–Kier alpha value is -2.00. The quantitative estimate of drug-likeness (QED) is 0.911. The van der Waals surface area contributed by atoms with Gasteiger partial charge in [-0.15, -0.1) is 0 Å². The van der Waals surface area contributed by atoms with Crippen molar-refractivity contribution in [3.8, 4) is 11.5 Å². The van der Waals surface area contributed by atoms with Crippen molar-refractivity contribution in [3.63, 3.8) is 0 Å². The van der Waals surface area contributed by atoms with Crippen LogP contribution < -0.4 is 15.2 Å².